The Morgan fingerprint density at radius 3 is 2.48 bits per heavy atom. The maximum absolute atomic E-state index is 11.9. The zero-order valence-corrected chi connectivity index (χ0v) is 21.2. The van der Waals surface area contributed by atoms with Gasteiger partial charge < -0.3 is 25.0 Å². The maximum Gasteiger partial charge on any atom is 0.409 e. The highest BCUT2D eigenvalue weighted by molar-refractivity contribution is 14.0. The van der Waals surface area contributed by atoms with Crippen LogP contribution in [-0.4, -0.2) is 68.5 Å². The molecule has 2 saturated heterocycles. The van der Waals surface area contributed by atoms with Gasteiger partial charge in [0.05, 0.1) is 12.7 Å². The lowest BCUT2D eigenvalue weighted by Crippen LogP contribution is -2.50. The molecule has 0 aromatic rings. The van der Waals surface area contributed by atoms with Crippen molar-refractivity contribution >= 4 is 36.0 Å². The Kier molecular flexibility index (Phi) is 11.6. The van der Waals surface area contributed by atoms with Gasteiger partial charge >= 0.3 is 6.09 Å². The van der Waals surface area contributed by atoms with Crippen molar-refractivity contribution in [2.24, 2.45) is 16.3 Å². The summed E-state index contributed by atoms with van der Waals surface area (Å²) in [7, 11) is 0. The molecule has 7 nitrogen and oxygen atoms in total. The highest BCUT2D eigenvalue weighted by atomic mass is 127. The fourth-order valence-electron chi connectivity index (χ4n) is 4.13. The number of amides is 1. The monoisotopic (exact) mass is 524 g/mol. The number of nitrogens with one attached hydrogen (secondary N) is 2. The molecule has 170 valence electrons. The molecule has 0 radical (unpaired) electrons. The van der Waals surface area contributed by atoms with Crippen LogP contribution in [0.4, 0.5) is 4.79 Å². The van der Waals surface area contributed by atoms with Crippen molar-refractivity contribution in [3.8, 4) is 0 Å². The van der Waals surface area contributed by atoms with Crippen molar-refractivity contribution in [3.63, 3.8) is 0 Å². The maximum atomic E-state index is 11.9. The summed E-state index contributed by atoms with van der Waals surface area (Å²) in [5.41, 5.74) is 0.131. The third-order valence-corrected chi connectivity index (χ3v) is 5.49. The number of carbonyl (C=O) groups is 1. The first-order valence-electron chi connectivity index (χ1n) is 10.9. The third kappa shape index (κ3) is 8.47. The van der Waals surface area contributed by atoms with E-state index >= 15 is 0 Å². The number of rotatable bonds is 5. The van der Waals surface area contributed by atoms with E-state index in [9.17, 15) is 4.79 Å². The lowest BCUT2D eigenvalue weighted by molar-refractivity contribution is -0.0823. The van der Waals surface area contributed by atoms with Gasteiger partial charge in [0.1, 0.15) is 0 Å². The molecule has 0 bridgehead atoms. The second-order valence-corrected chi connectivity index (χ2v) is 8.88. The predicted molar refractivity (Wildman–Crippen MR) is 128 cm³/mol. The molecule has 2 aliphatic heterocycles. The summed E-state index contributed by atoms with van der Waals surface area (Å²) >= 11 is 0. The summed E-state index contributed by atoms with van der Waals surface area (Å²) in [6.07, 6.45) is 4.14. The Morgan fingerprint density at radius 2 is 1.90 bits per heavy atom. The van der Waals surface area contributed by atoms with Crippen molar-refractivity contribution in [1.82, 2.24) is 15.5 Å². The van der Waals surface area contributed by atoms with Crippen LogP contribution in [0.15, 0.2) is 4.99 Å². The van der Waals surface area contributed by atoms with Crippen LogP contribution in [0.5, 0.6) is 0 Å². The number of guanidine groups is 1. The van der Waals surface area contributed by atoms with E-state index in [2.05, 4.69) is 38.3 Å². The number of nitrogens with zero attached hydrogens (tertiary/aromatic N) is 2. The molecule has 2 fully saturated rings. The van der Waals surface area contributed by atoms with Gasteiger partial charge in [-0.25, -0.2) is 4.79 Å². The standard InChI is InChI=1S/C21H40N4O3.HI/c1-6-22-19(23-15-16-9-8-14-28-18(16)21(3,4)5)24-17-10-12-25(13-11-17)20(26)27-7-2;/h16-18H,6-15H2,1-5H3,(H2,22,23,24);1H. The normalized spacial score (nSPS) is 23.9. The molecule has 2 heterocycles. The van der Waals surface area contributed by atoms with Crippen molar-refractivity contribution in [3.05, 3.63) is 0 Å². The first kappa shape index (κ1) is 26.3. The zero-order valence-electron chi connectivity index (χ0n) is 18.8. The summed E-state index contributed by atoms with van der Waals surface area (Å²) in [6, 6.07) is 0.324. The van der Waals surface area contributed by atoms with Crippen molar-refractivity contribution in [1.29, 1.82) is 0 Å². The predicted octanol–water partition coefficient (Wildman–Crippen LogP) is 3.62. The first-order chi connectivity index (χ1) is 13.3. The second-order valence-electron chi connectivity index (χ2n) is 8.88. The van der Waals surface area contributed by atoms with Crippen LogP contribution >= 0.6 is 24.0 Å². The minimum absolute atomic E-state index is 0. The SMILES string of the molecule is CCNC(=NCC1CCCOC1C(C)(C)C)NC1CCN(C(=O)OCC)CC1.I. The number of hydrogen-bond acceptors (Lipinski definition) is 4. The third-order valence-electron chi connectivity index (χ3n) is 5.49. The number of piperidine rings is 1. The van der Waals surface area contributed by atoms with Gasteiger partial charge in [0.25, 0.3) is 0 Å². The minimum atomic E-state index is -0.202. The summed E-state index contributed by atoms with van der Waals surface area (Å²) in [6.45, 7) is 15.0. The van der Waals surface area contributed by atoms with Gasteiger partial charge in [0.15, 0.2) is 5.96 Å². The Balaban J connectivity index is 0.00000420. The number of likely N-dealkylation sites (tertiary alicyclic amines) is 1. The average molecular weight is 524 g/mol. The Morgan fingerprint density at radius 1 is 1.21 bits per heavy atom. The first-order valence-corrected chi connectivity index (χ1v) is 10.9. The van der Waals surface area contributed by atoms with Crippen LogP contribution in [0, 0.1) is 11.3 Å². The van der Waals surface area contributed by atoms with Crippen LogP contribution in [0.1, 0.15) is 60.3 Å². The summed E-state index contributed by atoms with van der Waals surface area (Å²) in [5, 5.41) is 6.93. The van der Waals surface area contributed by atoms with E-state index in [1.165, 1.54) is 6.42 Å². The summed E-state index contributed by atoms with van der Waals surface area (Å²) in [4.78, 5) is 18.5. The molecule has 0 spiro atoms. The van der Waals surface area contributed by atoms with Crippen LogP contribution in [-0.2, 0) is 9.47 Å². The van der Waals surface area contributed by atoms with E-state index in [0.717, 1.165) is 58.0 Å². The highest BCUT2D eigenvalue weighted by Gasteiger charge is 2.35. The van der Waals surface area contributed by atoms with E-state index in [1.54, 1.807) is 4.90 Å². The number of aliphatic imine (C=N–C) groups is 1. The summed E-state index contributed by atoms with van der Waals surface area (Å²) < 4.78 is 11.2. The number of carbonyl (C=O) groups excluding carboxylic acids is 1. The largest absolute Gasteiger partial charge is 0.450 e. The fourth-order valence-corrected chi connectivity index (χ4v) is 4.13. The molecule has 2 unspecified atom stereocenters. The quantitative estimate of drug-likeness (QED) is 0.327. The van der Waals surface area contributed by atoms with E-state index in [-0.39, 0.29) is 41.6 Å². The van der Waals surface area contributed by atoms with Crippen LogP contribution in [0.25, 0.3) is 0 Å². The van der Waals surface area contributed by atoms with Gasteiger partial charge in [-0.05, 0) is 44.9 Å². The van der Waals surface area contributed by atoms with Gasteiger partial charge in [0, 0.05) is 44.7 Å². The molecule has 1 amide bonds. The van der Waals surface area contributed by atoms with Crippen molar-refractivity contribution in [2.45, 2.75) is 72.4 Å². The molecule has 2 rings (SSSR count). The lowest BCUT2D eigenvalue weighted by atomic mass is 9.78. The molecule has 0 aromatic carbocycles. The molecule has 29 heavy (non-hydrogen) atoms. The molecule has 2 N–H and O–H groups in total. The fraction of sp³-hybridized carbons (Fsp3) is 0.905. The molecule has 8 heteroatoms. The number of ether oxygens (including phenoxy) is 2. The second kappa shape index (κ2) is 12.8. The molecular formula is C21H41IN4O3. The van der Waals surface area contributed by atoms with Crippen LogP contribution in [0.3, 0.4) is 0 Å². The van der Waals surface area contributed by atoms with Gasteiger partial charge in [-0.3, -0.25) is 4.99 Å². The number of hydrogen-bond donors (Lipinski definition) is 2. The zero-order chi connectivity index (χ0) is 20.6. The van der Waals surface area contributed by atoms with E-state index in [4.69, 9.17) is 14.5 Å². The van der Waals surface area contributed by atoms with E-state index < -0.39 is 0 Å². The smallest absolute Gasteiger partial charge is 0.409 e. The molecule has 2 aliphatic rings. The molecule has 2 atom stereocenters. The van der Waals surface area contributed by atoms with E-state index in [0.29, 0.717) is 18.6 Å². The molecule has 0 aromatic heterocycles. The average Bonchev–Trinajstić information content (AvgIpc) is 2.66. The number of halogens is 1. The van der Waals surface area contributed by atoms with Crippen molar-refractivity contribution in [2.75, 3.05) is 39.4 Å². The van der Waals surface area contributed by atoms with Crippen molar-refractivity contribution < 1.29 is 14.3 Å². The molecule has 0 aliphatic carbocycles. The van der Waals surface area contributed by atoms with Gasteiger partial charge in [-0.2, -0.15) is 0 Å². The van der Waals surface area contributed by atoms with Gasteiger partial charge in [-0.1, -0.05) is 20.8 Å². The van der Waals surface area contributed by atoms with E-state index in [1.807, 2.05) is 6.92 Å². The Labute approximate surface area is 193 Å². The Hall–Kier alpha value is -0.770. The molecule has 0 saturated carbocycles. The highest BCUT2D eigenvalue weighted by Crippen LogP contribution is 2.34. The van der Waals surface area contributed by atoms with Crippen LogP contribution in [0.2, 0.25) is 0 Å². The summed E-state index contributed by atoms with van der Waals surface area (Å²) in [5.74, 6) is 1.32. The topological polar surface area (TPSA) is 75.2 Å². The Bertz CT molecular complexity index is 517. The molecular weight excluding hydrogens is 483 g/mol. The lowest BCUT2D eigenvalue weighted by Gasteiger charge is -2.39. The van der Waals surface area contributed by atoms with Gasteiger partial charge in [-0.15, -0.1) is 24.0 Å². The van der Waals surface area contributed by atoms with Crippen LogP contribution < -0.4 is 10.6 Å². The van der Waals surface area contributed by atoms with Gasteiger partial charge in [0.2, 0.25) is 0 Å². The minimum Gasteiger partial charge on any atom is -0.450 e.